The van der Waals surface area contributed by atoms with E-state index in [1.807, 2.05) is 0 Å². The third-order valence-electron chi connectivity index (χ3n) is 16.8. The van der Waals surface area contributed by atoms with Gasteiger partial charge >= 0.3 is 0 Å². The summed E-state index contributed by atoms with van der Waals surface area (Å²) in [5.41, 5.74) is 24.2. The molecule has 0 radical (unpaired) electrons. The van der Waals surface area contributed by atoms with Gasteiger partial charge in [-0.2, -0.15) is 0 Å². The molecular weight excluding hydrogens is 843 g/mol. The van der Waals surface area contributed by atoms with Crippen molar-refractivity contribution in [3.63, 3.8) is 0 Å². The van der Waals surface area contributed by atoms with Gasteiger partial charge in [0.25, 0.3) is 0 Å². The average Bonchev–Trinajstić information content (AvgIpc) is 3.88. The minimum Gasteiger partial charge on any atom is -0.310 e. The summed E-state index contributed by atoms with van der Waals surface area (Å²) in [7, 11) is 0. The van der Waals surface area contributed by atoms with Crippen molar-refractivity contribution in [1.29, 1.82) is 0 Å². The number of fused-ring (bicyclic) bond motifs is 15. The van der Waals surface area contributed by atoms with E-state index in [-0.39, 0.29) is 16.2 Å². The number of rotatable bonds is 5. The molecule has 70 heavy (non-hydrogen) atoms. The lowest BCUT2D eigenvalue weighted by Gasteiger charge is -2.31. The Morgan fingerprint density at radius 3 is 1.06 bits per heavy atom. The van der Waals surface area contributed by atoms with Crippen LogP contribution in [0.2, 0.25) is 0 Å². The Labute approximate surface area is 411 Å². The maximum Gasteiger partial charge on any atom is 0.0465 e. The van der Waals surface area contributed by atoms with Crippen LogP contribution >= 0.6 is 0 Å². The minimum atomic E-state index is -0.248. The Hall–Kier alpha value is -8.00. The quantitative estimate of drug-likeness (QED) is 0.166. The van der Waals surface area contributed by atoms with Gasteiger partial charge in [0.2, 0.25) is 0 Å². The standard InChI is InChI=1S/C69H53N/c1-67(2)58-36-29-44-23-13-14-24-48(44)64(58)53-33-30-45(37-59(53)67)70(46-31-34-54-60(38-46)68(3,4)62-40-56(42-19-9-7-10-20-42)49-25-15-17-27-51(49)65(54)62)47-32-35-55-61(39-47)69(5,6)63-41-57(43-21-11-8-12-22-43)50-26-16-18-28-52(50)66(55)63/h7-41H,1-6H3. The van der Waals surface area contributed by atoms with Gasteiger partial charge in [-0.25, -0.2) is 0 Å². The smallest absolute Gasteiger partial charge is 0.0465 e. The summed E-state index contributed by atoms with van der Waals surface area (Å²) in [6.45, 7) is 14.5. The first-order valence-corrected chi connectivity index (χ1v) is 25.0. The molecule has 1 nitrogen and oxygen atoms in total. The molecule has 0 fully saturated rings. The topological polar surface area (TPSA) is 3.24 Å². The van der Waals surface area contributed by atoms with E-state index in [4.69, 9.17) is 0 Å². The van der Waals surface area contributed by atoms with Crippen LogP contribution < -0.4 is 4.90 Å². The second kappa shape index (κ2) is 14.5. The lowest BCUT2D eigenvalue weighted by Crippen LogP contribution is -2.19. The van der Waals surface area contributed by atoms with Gasteiger partial charge in [-0.3, -0.25) is 0 Å². The molecule has 0 amide bonds. The third-order valence-corrected chi connectivity index (χ3v) is 16.8. The summed E-state index contributed by atoms with van der Waals surface area (Å²) in [6, 6.07) is 80.3. The van der Waals surface area contributed by atoms with Crippen molar-refractivity contribution in [2.45, 2.75) is 57.8 Å². The first kappa shape index (κ1) is 41.0. The molecule has 3 aliphatic carbocycles. The summed E-state index contributed by atoms with van der Waals surface area (Å²) < 4.78 is 0. The Balaban J connectivity index is 0.980. The molecule has 0 unspecified atom stereocenters. The van der Waals surface area contributed by atoms with Gasteiger partial charge in [0, 0.05) is 33.3 Å². The second-order valence-electron chi connectivity index (χ2n) is 21.6. The highest BCUT2D eigenvalue weighted by molar-refractivity contribution is 6.11. The van der Waals surface area contributed by atoms with Crippen molar-refractivity contribution >= 4 is 49.4 Å². The van der Waals surface area contributed by atoms with Crippen LogP contribution in [0.4, 0.5) is 17.1 Å². The fraction of sp³-hybridized carbons (Fsp3) is 0.130. The average molecular weight is 896 g/mol. The largest absolute Gasteiger partial charge is 0.310 e. The van der Waals surface area contributed by atoms with Crippen molar-refractivity contribution in [1.82, 2.24) is 0 Å². The summed E-state index contributed by atoms with van der Waals surface area (Å²) in [6.07, 6.45) is 0. The zero-order valence-corrected chi connectivity index (χ0v) is 40.7. The van der Waals surface area contributed by atoms with E-state index in [2.05, 4.69) is 259 Å². The number of benzene rings is 11. The van der Waals surface area contributed by atoms with E-state index in [1.54, 1.807) is 0 Å². The lowest BCUT2D eigenvalue weighted by atomic mass is 9.80. The molecule has 14 rings (SSSR count). The molecule has 334 valence electrons. The zero-order valence-electron chi connectivity index (χ0n) is 40.7. The fourth-order valence-electron chi connectivity index (χ4n) is 13.2. The highest BCUT2D eigenvalue weighted by Crippen LogP contribution is 2.58. The van der Waals surface area contributed by atoms with Crippen LogP contribution in [0.5, 0.6) is 0 Å². The molecule has 0 heterocycles. The maximum absolute atomic E-state index is 2.55. The molecule has 1 heteroatoms. The Morgan fingerprint density at radius 1 is 0.257 bits per heavy atom. The van der Waals surface area contributed by atoms with Gasteiger partial charge in [-0.15, -0.1) is 0 Å². The molecule has 11 aromatic rings. The monoisotopic (exact) mass is 895 g/mol. The molecule has 0 aliphatic heterocycles. The van der Waals surface area contributed by atoms with Gasteiger partial charge in [0.05, 0.1) is 0 Å². The minimum absolute atomic E-state index is 0.186. The number of nitrogens with zero attached hydrogens (tertiary/aromatic N) is 1. The van der Waals surface area contributed by atoms with Crippen molar-refractivity contribution in [3.8, 4) is 55.6 Å². The maximum atomic E-state index is 2.55. The molecule has 3 aliphatic rings. The van der Waals surface area contributed by atoms with E-state index in [0.29, 0.717) is 0 Å². The predicted molar refractivity (Wildman–Crippen MR) is 297 cm³/mol. The van der Waals surface area contributed by atoms with Crippen molar-refractivity contribution in [2.24, 2.45) is 0 Å². The Kier molecular flexibility index (Phi) is 8.50. The van der Waals surface area contributed by atoms with Crippen LogP contribution in [-0.2, 0) is 16.2 Å². The SMILES string of the molecule is CC1(C)c2cc(N(c3ccc4c(c3)C(C)(C)c3cc(-c5ccccc5)c5ccccc5c3-4)c3ccc4c(c3)C(C)(C)c3cc(-c5ccccc5)c5ccccc5c3-4)ccc2-c2c1ccc1ccccc21. The van der Waals surface area contributed by atoms with Gasteiger partial charge in [-0.1, -0.05) is 205 Å². The third kappa shape index (κ3) is 5.61. The molecule has 11 aromatic carbocycles. The number of hydrogen-bond acceptors (Lipinski definition) is 1. The molecule has 0 N–H and O–H groups in total. The van der Waals surface area contributed by atoms with Crippen LogP contribution in [0.3, 0.4) is 0 Å². The van der Waals surface area contributed by atoms with Crippen molar-refractivity contribution < 1.29 is 0 Å². The Bertz CT molecular complexity index is 3830. The van der Waals surface area contributed by atoms with E-state index in [1.165, 1.54) is 127 Å². The molecule has 0 bridgehead atoms. The van der Waals surface area contributed by atoms with Gasteiger partial charge in [0.15, 0.2) is 0 Å². The highest BCUT2D eigenvalue weighted by atomic mass is 15.1. The fourth-order valence-corrected chi connectivity index (χ4v) is 13.2. The highest BCUT2D eigenvalue weighted by Gasteiger charge is 2.41. The van der Waals surface area contributed by atoms with Crippen LogP contribution in [-0.4, -0.2) is 0 Å². The summed E-state index contributed by atoms with van der Waals surface area (Å²) in [5, 5.41) is 7.82. The van der Waals surface area contributed by atoms with E-state index >= 15 is 0 Å². The van der Waals surface area contributed by atoms with Gasteiger partial charge in [-0.05, 0) is 170 Å². The van der Waals surface area contributed by atoms with Crippen molar-refractivity contribution in [3.05, 3.63) is 246 Å². The van der Waals surface area contributed by atoms with E-state index in [9.17, 15) is 0 Å². The normalized spacial score (nSPS) is 15.1. The summed E-state index contributed by atoms with van der Waals surface area (Å²) in [5.74, 6) is 0. The number of anilines is 3. The number of hydrogen-bond donors (Lipinski definition) is 0. The van der Waals surface area contributed by atoms with E-state index in [0.717, 1.165) is 11.4 Å². The molecule has 0 saturated carbocycles. The first-order chi connectivity index (χ1) is 34.0. The first-order valence-electron chi connectivity index (χ1n) is 25.0. The van der Waals surface area contributed by atoms with Crippen molar-refractivity contribution in [2.75, 3.05) is 4.90 Å². The zero-order chi connectivity index (χ0) is 47.3. The molecular formula is C69H53N. The summed E-state index contributed by atoms with van der Waals surface area (Å²) >= 11 is 0. The lowest BCUT2D eigenvalue weighted by molar-refractivity contribution is 0.660. The molecule has 0 atom stereocenters. The van der Waals surface area contributed by atoms with Crippen LogP contribution in [0, 0.1) is 0 Å². The molecule has 0 spiro atoms. The van der Waals surface area contributed by atoms with Crippen LogP contribution in [0.15, 0.2) is 212 Å². The van der Waals surface area contributed by atoms with Gasteiger partial charge < -0.3 is 4.90 Å². The van der Waals surface area contributed by atoms with Gasteiger partial charge in [0.1, 0.15) is 0 Å². The second-order valence-corrected chi connectivity index (χ2v) is 21.6. The summed E-state index contributed by atoms with van der Waals surface area (Å²) in [4.78, 5) is 2.55. The predicted octanol–water partition coefficient (Wildman–Crippen LogP) is 18.9. The Morgan fingerprint density at radius 2 is 0.614 bits per heavy atom. The molecule has 0 saturated heterocycles. The molecule has 0 aromatic heterocycles. The van der Waals surface area contributed by atoms with Crippen LogP contribution in [0.25, 0.3) is 88.0 Å². The van der Waals surface area contributed by atoms with Crippen LogP contribution in [0.1, 0.15) is 74.9 Å². The van der Waals surface area contributed by atoms with E-state index < -0.39 is 0 Å².